The van der Waals surface area contributed by atoms with Crippen molar-refractivity contribution in [2.45, 2.75) is 18.7 Å². The average molecular weight is 257 g/mol. The van der Waals surface area contributed by atoms with Crippen LogP contribution < -0.4 is 0 Å². The van der Waals surface area contributed by atoms with E-state index in [1.165, 1.54) is 6.07 Å². The minimum absolute atomic E-state index is 0.0349. The maximum atomic E-state index is 12.9. The van der Waals surface area contributed by atoms with Gasteiger partial charge in [0.15, 0.2) is 0 Å². The zero-order valence-electron chi connectivity index (χ0n) is 8.06. The first-order chi connectivity index (χ1) is 7.34. The highest BCUT2D eigenvalue weighted by atomic mass is 35.5. The molecular weight excluding hydrogens is 248 g/mol. The molecule has 0 heterocycles. The van der Waals surface area contributed by atoms with Gasteiger partial charge in [-0.2, -0.15) is 13.2 Å². The van der Waals surface area contributed by atoms with Gasteiger partial charge in [-0.15, -0.1) is 11.6 Å². The maximum Gasteiger partial charge on any atom is 0.419 e. The quantitative estimate of drug-likeness (QED) is 0.651. The Morgan fingerprint density at radius 2 is 1.94 bits per heavy atom. The largest absolute Gasteiger partial charge is 0.419 e. The van der Waals surface area contributed by atoms with Gasteiger partial charge in [0.05, 0.1) is 11.7 Å². The SMILES string of the molecule is OC(CCl)Cc1ccc(F)c(C(F)(F)F)c1. The topological polar surface area (TPSA) is 20.2 Å². The number of hydrogen-bond donors (Lipinski definition) is 1. The van der Waals surface area contributed by atoms with E-state index in [0.717, 1.165) is 6.07 Å². The molecule has 0 aliphatic heterocycles. The summed E-state index contributed by atoms with van der Waals surface area (Å²) in [6.45, 7) is 0. The van der Waals surface area contributed by atoms with Crippen molar-refractivity contribution in [3.8, 4) is 0 Å². The molecule has 16 heavy (non-hydrogen) atoms. The number of halogens is 5. The summed E-state index contributed by atoms with van der Waals surface area (Å²) in [7, 11) is 0. The molecule has 1 nitrogen and oxygen atoms in total. The molecule has 6 heteroatoms. The van der Waals surface area contributed by atoms with E-state index in [-0.39, 0.29) is 17.9 Å². The van der Waals surface area contributed by atoms with Crippen molar-refractivity contribution in [3.63, 3.8) is 0 Å². The Morgan fingerprint density at radius 1 is 1.31 bits per heavy atom. The molecule has 1 atom stereocenters. The van der Waals surface area contributed by atoms with Gasteiger partial charge in [-0.05, 0) is 24.1 Å². The van der Waals surface area contributed by atoms with Crippen LogP contribution in [0, 0.1) is 5.82 Å². The van der Waals surface area contributed by atoms with Gasteiger partial charge in [-0.25, -0.2) is 4.39 Å². The highest BCUT2D eigenvalue weighted by Gasteiger charge is 2.34. The smallest absolute Gasteiger partial charge is 0.392 e. The van der Waals surface area contributed by atoms with E-state index in [2.05, 4.69) is 0 Å². The molecule has 1 unspecified atom stereocenters. The molecule has 1 rings (SSSR count). The molecular formula is C10H9ClF4O. The molecule has 90 valence electrons. The minimum atomic E-state index is -4.73. The molecule has 0 aliphatic carbocycles. The summed E-state index contributed by atoms with van der Waals surface area (Å²) < 4.78 is 49.8. The fourth-order valence-electron chi connectivity index (χ4n) is 1.24. The third-order valence-electron chi connectivity index (χ3n) is 1.99. The van der Waals surface area contributed by atoms with Crippen LogP contribution >= 0.6 is 11.6 Å². The van der Waals surface area contributed by atoms with E-state index < -0.39 is 23.7 Å². The van der Waals surface area contributed by atoms with E-state index in [1.807, 2.05) is 0 Å². The minimum Gasteiger partial charge on any atom is -0.392 e. The monoisotopic (exact) mass is 256 g/mol. The Kier molecular flexibility index (Phi) is 4.15. The summed E-state index contributed by atoms with van der Waals surface area (Å²) in [4.78, 5) is 0. The van der Waals surface area contributed by atoms with Gasteiger partial charge in [-0.1, -0.05) is 6.07 Å². The summed E-state index contributed by atoms with van der Waals surface area (Å²) in [5.74, 6) is -1.41. The standard InChI is InChI=1S/C10H9ClF4O/c11-5-7(16)3-6-1-2-9(12)8(4-6)10(13,14)15/h1-2,4,7,16H,3,5H2. The number of aliphatic hydroxyl groups is 1. The average Bonchev–Trinajstić information content (AvgIpc) is 2.19. The van der Waals surface area contributed by atoms with E-state index >= 15 is 0 Å². The van der Waals surface area contributed by atoms with E-state index in [1.54, 1.807) is 0 Å². The highest BCUT2D eigenvalue weighted by Crippen LogP contribution is 2.32. The molecule has 0 radical (unpaired) electrons. The predicted molar refractivity (Wildman–Crippen MR) is 51.8 cm³/mol. The van der Waals surface area contributed by atoms with Gasteiger partial charge in [0.25, 0.3) is 0 Å². The van der Waals surface area contributed by atoms with Crippen LogP contribution in [0.5, 0.6) is 0 Å². The van der Waals surface area contributed by atoms with Crippen molar-refractivity contribution in [3.05, 3.63) is 35.1 Å². The van der Waals surface area contributed by atoms with Crippen LogP contribution in [0.25, 0.3) is 0 Å². The lowest BCUT2D eigenvalue weighted by Crippen LogP contribution is -2.14. The molecule has 0 saturated carbocycles. The highest BCUT2D eigenvalue weighted by molar-refractivity contribution is 6.18. The van der Waals surface area contributed by atoms with Crippen molar-refractivity contribution in [1.82, 2.24) is 0 Å². The molecule has 0 saturated heterocycles. The van der Waals surface area contributed by atoms with Gasteiger partial charge >= 0.3 is 6.18 Å². The number of benzene rings is 1. The van der Waals surface area contributed by atoms with Crippen molar-refractivity contribution in [2.75, 3.05) is 5.88 Å². The number of aliphatic hydroxyl groups excluding tert-OH is 1. The zero-order valence-corrected chi connectivity index (χ0v) is 8.82. The van der Waals surface area contributed by atoms with Crippen LogP contribution in [-0.4, -0.2) is 17.1 Å². The molecule has 0 fully saturated rings. The van der Waals surface area contributed by atoms with Crippen LogP contribution in [0.3, 0.4) is 0 Å². The zero-order chi connectivity index (χ0) is 12.3. The Balaban J connectivity index is 2.99. The van der Waals surface area contributed by atoms with Crippen LogP contribution in [0.4, 0.5) is 17.6 Å². The molecule has 0 aliphatic rings. The first kappa shape index (κ1) is 13.3. The summed E-state index contributed by atoms with van der Waals surface area (Å²) in [6.07, 6.45) is -5.70. The fraction of sp³-hybridized carbons (Fsp3) is 0.400. The Morgan fingerprint density at radius 3 is 2.44 bits per heavy atom. The van der Waals surface area contributed by atoms with Gasteiger partial charge in [-0.3, -0.25) is 0 Å². The first-order valence-corrected chi connectivity index (χ1v) is 4.97. The van der Waals surface area contributed by atoms with E-state index in [0.29, 0.717) is 6.07 Å². The van der Waals surface area contributed by atoms with Gasteiger partial charge < -0.3 is 5.11 Å². The lowest BCUT2D eigenvalue weighted by molar-refractivity contribution is -0.140. The number of alkyl halides is 4. The second-order valence-corrected chi connectivity index (χ2v) is 3.63. The van der Waals surface area contributed by atoms with Gasteiger partial charge in [0, 0.05) is 5.88 Å². The van der Waals surface area contributed by atoms with E-state index in [4.69, 9.17) is 16.7 Å². The molecule has 0 aromatic heterocycles. The number of hydrogen-bond acceptors (Lipinski definition) is 1. The molecule has 0 spiro atoms. The van der Waals surface area contributed by atoms with Crippen molar-refractivity contribution >= 4 is 11.6 Å². The van der Waals surface area contributed by atoms with Crippen LogP contribution in [0.2, 0.25) is 0 Å². The molecule has 0 amide bonds. The lowest BCUT2D eigenvalue weighted by Gasteiger charge is -2.11. The van der Waals surface area contributed by atoms with Gasteiger partial charge in [0.1, 0.15) is 5.82 Å². The summed E-state index contributed by atoms with van der Waals surface area (Å²) >= 11 is 5.32. The Labute approximate surface area is 94.7 Å². The van der Waals surface area contributed by atoms with Gasteiger partial charge in [0.2, 0.25) is 0 Å². The second-order valence-electron chi connectivity index (χ2n) is 3.32. The normalized spacial score (nSPS) is 13.9. The molecule has 1 aromatic rings. The van der Waals surface area contributed by atoms with E-state index in [9.17, 15) is 17.6 Å². The third-order valence-corrected chi connectivity index (χ3v) is 2.34. The summed E-state index contributed by atoms with van der Waals surface area (Å²) in [6, 6.07) is 2.62. The molecule has 1 N–H and O–H groups in total. The molecule has 0 bridgehead atoms. The Hall–Kier alpha value is -0.810. The fourth-order valence-corrected chi connectivity index (χ4v) is 1.35. The Bertz CT molecular complexity index is 364. The summed E-state index contributed by atoms with van der Waals surface area (Å²) in [5.41, 5.74) is -1.13. The summed E-state index contributed by atoms with van der Waals surface area (Å²) in [5, 5.41) is 9.17. The lowest BCUT2D eigenvalue weighted by atomic mass is 10.0. The third kappa shape index (κ3) is 3.35. The molecule has 1 aromatic carbocycles. The predicted octanol–water partition coefficient (Wildman–Crippen LogP) is 2.99. The van der Waals surface area contributed by atoms with Crippen molar-refractivity contribution < 1.29 is 22.7 Å². The maximum absolute atomic E-state index is 12.9. The van der Waals surface area contributed by atoms with Crippen LogP contribution in [-0.2, 0) is 12.6 Å². The second kappa shape index (κ2) is 5.01. The van der Waals surface area contributed by atoms with Crippen molar-refractivity contribution in [1.29, 1.82) is 0 Å². The van der Waals surface area contributed by atoms with Crippen LogP contribution in [0.15, 0.2) is 18.2 Å². The first-order valence-electron chi connectivity index (χ1n) is 4.44. The number of rotatable bonds is 3. The van der Waals surface area contributed by atoms with Crippen molar-refractivity contribution in [2.24, 2.45) is 0 Å². The van der Waals surface area contributed by atoms with Crippen LogP contribution in [0.1, 0.15) is 11.1 Å².